The molecule has 1 aliphatic carbocycles. The van der Waals surface area contributed by atoms with Crippen LogP contribution in [0.4, 0.5) is 0 Å². The highest BCUT2D eigenvalue weighted by atomic mass is 35.5. The number of aryl methyl sites for hydroxylation is 1. The lowest BCUT2D eigenvalue weighted by molar-refractivity contribution is -0.136. The highest BCUT2D eigenvalue weighted by Gasteiger charge is 2.33. The molecular formula is C23H30ClN3O. The lowest BCUT2D eigenvalue weighted by Gasteiger charge is -2.36. The first-order valence-corrected chi connectivity index (χ1v) is 10.3. The molecule has 1 aromatic heterocycles. The fraction of sp³-hybridized carbons (Fsp3) is 0.478. The molecule has 0 spiro atoms. The fourth-order valence-corrected chi connectivity index (χ4v) is 4.58. The summed E-state index contributed by atoms with van der Waals surface area (Å²) >= 11 is 0. The Kier molecular flexibility index (Phi) is 7.46. The van der Waals surface area contributed by atoms with E-state index in [0.717, 1.165) is 57.3 Å². The molecule has 5 heteroatoms. The van der Waals surface area contributed by atoms with Crippen molar-refractivity contribution < 1.29 is 4.79 Å². The van der Waals surface area contributed by atoms with Crippen LogP contribution in [0.25, 0.3) is 0 Å². The molecule has 2 aromatic rings. The van der Waals surface area contributed by atoms with Crippen LogP contribution in [0.3, 0.4) is 0 Å². The van der Waals surface area contributed by atoms with Gasteiger partial charge in [0.05, 0.1) is 18.2 Å². The van der Waals surface area contributed by atoms with Gasteiger partial charge < -0.3 is 10.2 Å². The summed E-state index contributed by atoms with van der Waals surface area (Å²) in [6, 6.07) is 14.8. The number of aromatic nitrogens is 1. The summed E-state index contributed by atoms with van der Waals surface area (Å²) in [4.78, 5) is 20.4. The number of amides is 1. The summed E-state index contributed by atoms with van der Waals surface area (Å²) in [5, 5.41) is 3.48. The van der Waals surface area contributed by atoms with E-state index < -0.39 is 0 Å². The minimum Gasteiger partial charge on any atom is -0.333 e. The molecule has 1 aromatic carbocycles. The smallest absolute Gasteiger partial charge is 0.230 e. The molecule has 1 N–H and O–H groups in total. The number of nitrogens with one attached hydrogen (secondary N) is 1. The van der Waals surface area contributed by atoms with Crippen LogP contribution in [0.1, 0.15) is 54.8 Å². The van der Waals surface area contributed by atoms with E-state index in [0.29, 0.717) is 18.5 Å². The van der Waals surface area contributed by atoms with E-state index in [4.69, 9.17) is 0 Å². The molecule has 2 atom stereocenters. The van der Waals surface area contributed by atoms with Crippen molar-refractivity contribution >= 4 is 18.3 Å². The Morgan fingerprint density at radius 3 is 2.75 bits per heavy atom. The highest BCUT2D eigenvalue weighted by Crippen LogP contribution is 2.34. The van der Waals surface area contributed by atoms with E-state index in [1.54, 1.807) is 0 Å². The van der Waals surface area contributed by atoms with Gasteiger partial charge in [-0.05, 0) is 74.9 Å². The van der Waals surface area contributed by atoms with Gasteiger partial charge in [-0.15, -0.1) is 12.4 Å². The molecule has 1 saturated heterocycles. The Hall–Kier alpha value is -1.91. The number of nitrogens with zero attached hydrogens (tertiary/aromatic N) is 2. The van der Waals surface area contributed by atoms with Crippen molar-refractivity contribution in [2.45, 2.75) is 57.0 Å². The summed E-state index contributed by atoms with van der Waals surface area (Å²) < 4.78 is 0. The molecule has 2 heterocycles. The molecule has 0 radical (unpaired) electrons. The molecular weight excluding hydrogens is 370 g/mol. The Bertz CT molecular complexity index is 759. The van der Waals surface area contributed by atoms with Crippen molar-refractivity contribution in [3.8, 4) is 0 Å². The second-order valence-corrected chi connectivity index (χ2v) is 7.77. The Morgan fingerprint density at radius 1 is 1.04 bits per heavy atom. The number of pyridine rings is 1. The van der Waals surface area contributed by atoms with E-state index >= 15 is 0 Å². The third-order valence-corrected chi connectivity index (χ3v) is 6.00. The van der Waals surface area contributed by atoms with Crippen LogP contribution in [0, 0.1) is 0 Å². The van der Waals surface area contributed by atoms with Gasteiger partial charge in [0.2, 0.25) is 5.91 Å². The first kappa shape index (κ1) is 20.8. The van der Waals surface area contributed by atoms with Crippen LogP contribution in [-0.4, -0.2) is 34.9 Å². The topological polar surface area (TPSA) is 45.2 Å². The van der Waals surface area contributed by atoms with Gasteiger partial charge >= 0.3 is 0 Å². The van der Waals surface area contributed by atoms with Crippen LogP contribution in [0.5, 0.6) is 0 Å². The second kappa shape index (κ2) is 10.0. The predicted octanol–water partition coefficient (Wildman–Crippen LogP) is 4.09. The molecule has 150 valence electrons. The zero-order valence-corrected chi connectivity index (χ0v) is 17.2. The number of hydrogen-bond donors (Lipinski definition) is 1. The highest BCUT2D eigenvalue weighted by molar-refractivity contribution is 5.85. The van der Waals surface area contributed by atoms with Crippen molar-refractivity contribution in [3.05, 3.63) is 65.5 Å². The van der Waals surface area contributed by atoms with Gasteiger partial charge in [0.1, 0.15) is 0 Å². The lowest BCUT2D eigenvalue weighted by Crippen LogP contribution is -2.43. The Labute approximate surface area is 174 Å². The van der Waals surface area contributed by atoms with Crippen LogP contribution in [0.2, 0.25) is 0 Å². The van der Waals surface area contributed by atoms with Crippen molar-refractivity contribution in [1.82, 2.24) is 15.2 Å². The summed E-state index contributed by atoms with van der Waals surface area (Å²) in [5.41, 5.74) is 3.57. The largest absolute Gasteiger partial charge is 0.333 e. The van der Waals surface area contributed by atoms with Crippen molar-refractivity contribution in [2.24, 2.45) is 0 Å². The fourth-order valence-electron chi connectivity index (χ4n) is 4.58. The van der Waals surface area contributed by atoms with Gasteiger partial charge in [-0.3, -0.25) is 9.78 Å². The van der Waals surface area contributed by atoms with Crippen LogP contribution < -0.4 is 5.32 Å². The molecule has 4 rings (SSSR count). The quantitative estimate of drug-likeness (QED) is 0.841. The normalized spacial score (nSPS) is 21.7. The maximum atomic E-state index is 13.8. The third-order valence-electron chi connectivity index (χ3n) is 6.00. The Balaban J connectivity index is 0.00000225. The number of halogens is 1. The lowest BCUT2D eigenvalue weighted by atomic mass is 9.81. The van der Waals surface area contributed by atoms with Crippen molar-refractivity contribution in [1.29, 1.82) is 0 Å². The summed E-state index contributed by atoms with van der Waals surface area (Å²) in [5.74, 6) is 0.287. The molecule has 2 aliphatic rings. The first-order chi connectivity index (χ1) is 13.3. The summed E-state index contributed by atoms with van der Waals surface area (Å²) in [7, 11) is 0. The van der Waals surface area contributed by atoms with Crippen LogP contribution >= 0.6 is 12.4 Å². The Morgan fingerprint density at radius 2 is 1.89 bits per heavy atom. The summed E-state index contributed by atoms with van der Waals surface area (Å²) in [6.07, 6.45) is 8.18. The average Bonchev–Trinajstić information content (AvgIpc) is 3.01. The van der Waals surface area contributed by atoms with Gasteiger partial charge in [-0.2, -0.15) is 0 Å². The number of fused-ring (bicyclic) bond motifs is 1. The van der Waals surface area contributed by atoms with Gasteiger partial charge in [0, 0.05) is 12.2 Å². The number of carbonyl (C=O) groups excluding carboxylic acids is 1. The van der Waals surface area contributed by atoms with Crippen LogP contribution in [-0.2, 0) is 17.8 Å². The van der Waals surface area contributed by atoms with E-state index in [-0.39, 0.29) is 18.3 Å². The number of rotatable bonds is 4. The standard InChI is InChI=1S/C23H29N3O.ClH/c27-23(22-12-5-8-18-7-1-2-11-21(18)22)26(17-19-9-3-4-15-25-19)20-10-6-14-24-16-13-20;/h1-4,7,9,11,15,20,22,24H,5-6,8,10,12-14,16-17H2;1H. The third kappa shape index (κ3) is 4.73. The number of benzene rings is 1. The van der Waals surface area contributed by atoms with E-state index in [1.165, 1.54) is 11.1 Å². The monoisotopic (exact) mass is 399 g/mol. The van der Waals surface area contributed by atoms with Gasteiger partial charge in [0.25, 0.3) is 0 Å². The molecule has 4 nitrogen and oxygen atoms in total. The first-order valence-electron chi connectivity index (χ1n) is 10.3. The minimum atomic E-state index is -0.00475. The zero-order chi connectivity index (χ0) is 18.5. The SMILES string of the molecule is Cl.O=C(C1CCCc2ccccc21)N(Cc1ccccn1)C1CCCNCC1. The number of hydrogen-bond acceptors (Lipinski definition) is 3. The molecule has 1 aliphatic heterocycles. The maximum Gasteiger partial charge on any atom is 0.230 e. The number of carbonyl (C=O) groups is 1. The van der Waals surface area contributed by atoms with Crippen LogP contribution in [0.15, 0.2) is 48.7 Å². The second-order valence-electron chi connectivity index (χ2n) is 7.77. The van der Waals surface area contributed by atoms with Gasteiger partial charge in [-0.25, -0.2) is 0 Å². The van der Waals surface area contributed by atoms with Crippen molar-refractivity contribution in [3.63, 3.8) is 0 Å². The minimum absolute atomic E-state index is 0. The molecule has 0 saturated carbocycles. The van der Waals surface area contributed by atoms with E-state index in [9.17, 15) is 4.79 Å². The molecule has 1 fully saturated rings. The average molecular weight is 400 g/mol. The van der Waals surface area contributed by atoms with Crippen molar-refractivity contribution in [2.75, 3.05) is 13.1 Å². The zero-order valence-electron chi connectivity index (χ0n) is 16.3. The van der Waals surface area contributed by atoms with E-state index in [1.807, 2.05) is 24.4 Å². The molecule has 1 amide bonds. The van der Waals surface area contributed by atoms with Gasteiger partial charge in [0.15, 0.2) is 0 Å². The maximum absolute atomic E-state index is 13.8. The van der Waals surface area contributed by atoms with E-state index in [2.05, 4.69) is 39.5 Å². The molecule has 0 bridgehead atoms. The summed E-state index contributed by atoms with van der Waals surface area (Å²) in [6.45, 7) is 2.65. The molecule has 2 unspecified atom stereocenters. The molecule has 28 heavy (non-hydrogen) atoms. The predicted molar refractivity (Wildman–Crippen MR) is 115 cm³/mol. The van der Waals surface area contributed by atoms with Gasteiger partial charge in [-0.1, -0.05) is 30.3 Å².